The number of thioether (sulfide) groups is 1. The first-order valence-corrected chi connectivity index (χ1v) is 8.70. The first-order chi connectivity index (χ1) is 10.7. The lowest BCUT2D eigenvalue weighted by molar-refractivity contribution is -0.113. The average molecular weight is 375 g/mol. The number of carbonyl (C=O) groups is 1. The number of amides is 1. The van der Waals surface area contributed by atoms with Crippen LogP contribution in [0.4, 0.5) is 5.69 Å². The van der Waals surface area contributed by atoms with Gasteiger partial charge in [-0.3, -0.25) is 4.79 Å². The molecule has 1 N–H and O–H groups in total. The summed E-state index contributed by atoms with van der Waals surface area (Å²) in [5.41, 5.74) is 2.91. The zero-order valence-corrected chi connectivity index (χ0v) is 14.3. The molecule has 0 bridgehead atoms. The number of hydrogen-bond acceptors (Lipinski definition) is 3. The Balaban J connectivity index is 1.75. The maximum atomic E-state index is 11.9. The van der Waals surface area contributed by atoms with Crippen LogP contribution in [0.2, 0.25) is 0 Å². The fraction of sp³-hybridized carbons (Fsp3) is 0.176. The molecule has 3 nitrogen and oxygen atoms in total. The predicted molar refractivity (Wildman–Crippen MR) is 94.7 cm³/mol. The first-order valence-electron chi connectivity index (χ1n) is 6.75. The van der Waals surface area contributed by atoms with Crippen LogP contribution in [0, 0.1) is 11.3 Å². The fourth-order valence-corrected chi connectivity index (χ4v) is 2.89. The third-order valence-corrected chi connectivity index (χ3v) is 4.47. The summed E-state index contributed by atoms with van der Waals surface area (Å²) in [6.45, 7) is 0. The van der Waals surface area contributed by atoms with Gasteiger partial charge >= 0.3 is 0 Å². The van der Waals surface area contributed by atoms with Crippen molar-refractivity contribution in [3.63, 3.8) is 0 Å². The monoisotopic (exact) mass is 374 g/mol. The van der Waals surface area contributed by atoms with Crippen LogP contribution in [0.3, 0.4) is 0 Å². The van der Waals surface area contributed by atoms with Crippen molar-refractivity contribution in [3.8, 4) is 6.07 Å². The summed E-state index contributed by atoms with van der Waals surface area (Å²) in [6.07, 6.45) is 0.386. The highest BCUT2D eigenvalue weighted by Crippen LogP contribution is 2.16. The third-order valence-electron chi connectivity index (χ3n) is 2.94. The molecule has 0 aromatic heterocycles. The predicted octanol–water partition coefficient (Wildman–Crippen LogP) is 4.39. The molecule has 0 spiro atoms. The van der Waals surface area contributed by atoms with Gasteiger partial charge < -0.3 is 5.32 Å². The number of nitrogens with one attached hydrogen (secondary N) is 1. The van der Waals surface area contributed by atoms with E-state index in [1.807, 2.05) is 48.5 Å². The molecule has 0 aliphatic carbocycles. The van der Waals surface area contributed by atoms with E-state index in [9.17, 15) is 4.79 Å². The van der Waals surface area contributed by atoms with E-state index in [2.05, 4.69) is 27.3 Å². The lowest BCUT2D eigenvalue weighted by Gasteiger charge is -2.06. The summed E-state index contributed by atoms with van der Waals surface area (Å²) in [4.78, 5) is 11.9. The molecule has 5 heteroatoms. The molecule has 0 saturated carbocycles. The molecule has 0 aliphatic heterocycles. The van der Waals surface area contributed by atoms with Gasteiger partial charge in [0.1, 0.15) is 0 Å². The summed E-state index contributed by atoms with van der Waals surface area (Å²) in [7, 11) is 0. The van der Waals surface area contributed by atoms with Crippen LogP contribution < -0.4 is 5.32 Å². The van der Waals surface area contributed by atoms with Gasteiger partial charge in [0.15, 0.2) is 0 Å². The van der Waals surface area contributed by atoms with Crippen molar-refractivity contribution in [2.75, 3.05) is 11.1 Å². The van der Waals surface area contributed by atoms with E-state index in [0.29, 0.717) is 12.2 Å². The highest BCUT2D eigenvalue weighted by Gasteiger charge is 2.03. The molecule has 22 heavy (non-hydrogen) atoms. The van der Waals surface area contributed by atoms with Gasteiger partial charge in [-0.25, -0.2) is 0 Å². The number of rotatable bonds is 6. The first kappa shape index (κ1) is 16.6. The smallest absolute Gasteiger partial charge is 0.234 e. The van der Waals surface area contributed by atoms with Crippen molar-refractivity contribution in [2.24, 2.45) is 0 Å². The normalized spacial score (nSPS) is 10.0. The number of anilines is 1. The zero-order valence-electron chi connectivity index (χ0n) is 11.9. The quantitative estimate of drug-likeness (QED) is 0.815. The number of nitriles is 1. The van der Waals surface area contributed by atoms with Crippen molar-refractivity contribution in [3.05, 3.63) is 64.1 Å². The van der Waals surface area contributed by atoms with Gasteiger partial charge in [0.2, 0.25) is 5.91 Å². The molecule has 2 aromatic carbocycles. The van der Waals surface area contributed by atoms with E-state index in [0.717, 1.165) is 21.5 Å². The minimum Gasteiger partial charge on any atom is -0.325 e. The van der Waals surface area contributed by atoms with Crippen molar-refractivity contribution in [1.82, 2.24) is 0 Å². The Morgan fingerprint density at radius 3 is 2.36 bits per heavy atom. The summed E-state index contributed by atoms with van der Waals surface area (Å²) in [6, 6.07) is 17.5. The van der Waals surface area contributed by atoms with E-state index in [1.165, 1.54) is 5.56 Å². The Kier molecular flexibility index (Phi) is 6.50. The Hall–Kier alpha value is -1.77. The number of halogens is 1. The standard InChI is InChI=1S/C17H15BrN2OS/c18-15-5-1-14(2-6-15)11-22-12-17(21)20-16-7-3-13(4-8-16)9-10-19/h1-8H,9,11-12H2,(H,20,21). The molecular formula is C17H15BrN2OS. The summed E-state index contributed by atoms with van der Waals surface area (Å²) in [5.74, 6) is 1.20. The largest absolute Gasteiger partial charge is 0.325 e. The lowest BCUT2D eigenvalue weighted by atomic mass is 10.1. The Morgan fingerprint density at radius 2 is 1.73 bits per heavy atom. The van der Waals surface area contributed by atoms with E-state index in [1.54, 1.807) is 11.8 Å². The van der Waals surface area contributed by atoms with E-state index < -0.39 is 0 Å². The van der Waals surface area contributed by atoms with Crippen molar-refractivity contribution in [1.29, 1.82) is 5.26 Å². The number of benzene rings is 2. The van der Waals surface area contributed by atoms with Crippen LogP contribution in [0.25, 0.3) is 0 Å². The molecule has 2 aromatic rings. The van der Waals surface area contributed by atoms with Crippen molar-refractivity contribution < 1.29 is 4.79 Å². The third kappa shape index (κ3) is 5.55. The van der Waals surface area contributed by atoms with Crippen LogP contribution >= 0.6 is 27.7 Å². The van der Waals surface area contributed by atoms with Crippen LogP contribution in [0.5, 0.6) is 0 Å². The Labute approximate surface area is 142 Å². The molecule has 0 unspecified atom stereocenters. The minimum absolute atomic E-state index is 0.0184. The summed E-state index contributed by atoms with van der Waals surface area (Å²) >= 11 is 4.98. The van der Waals surface area contributed by atoms with Crippen molar-refractivity contribution in [2.45, 2.75) is 12.2 Å². The second kappa shape index (κ2) is 8.62. The maximum Gasteiger partial charge on any atom is 0.234 e. The van der Waals surface area contributed by atoms with Crippen LogP contribution in [0.1, 0.15) is 11.1 Å². The number of nitrogens with zero attached hydrogens (tertiary/aromatic N) is 1. The summed E-state index contributed by atoms with van der Waals surface area (Å²) in [5, 5.41) is 11.5. The molecule has 0 radical (unpaired) electrons. The van der Waals surface area contributed by atoms with Crippen LogP contribution in [-0.2, 0) is 17.0 Å². The van der Waals surface area contributed by atoms with E-state index >= 15 is 0 Å². The molecular weight excluding hydrogens is 360 g/mol. The lowest BCUT2D eigenvalue weighted by Crippen LogP contribution is -2.14. The van der Waals surface area contributed by atoms with E-state index in [4.69, 9.17) is 5.26 Å². The number of carbonyl (C=O) groups excluding carboxylic acids is 1. The fourth-order valence-electron chi connectivity index (χ4n) is 1.84. The molecule has 112 valence electrons. The second-order valence-corrected chi connectivity index (χ2v) is 6.60. The van der Waals surface area contributed by atoms with Gasteiger partial charge in [0, 0.05) is 15.9 Å². The molecule has 2 rings (SSSR count). The topological polar surface area (TPSA) is 52.9 Å². The van der Waals surface area contributed by atoms with Gasteiger partial charge in [-0.05, 0) is 35.4 Å². The highest BCUT2D eigenvalue weighted by atomic mass is 79.9. The molecule has 0 atom stereocenters. The molecule has 1 amide bonds. The SMILES string of the molecule is N#CCc1ccc(NC(=O)CSCc2ccc(Br)cc2)cc1. The minimum atomic E-state index is -0.0184. The Morgan fingerprint density at radius 1 is 1.09 bits per heavy atom. The average Bonchev–Trinajstić information content (AvgIpc) is 2.51. The summed E-state index contributed by atoms with van der Waals surface area (Å²) < 4.78 is 1.05. The van der Waals surface area contributed by atoms with Gasteiger partial charge in [-0.2, -0.15) is 5.26 Å². The molecule has 0 saturated heterocycles. The molecule has 0 fully saturated rings. The highest BCUT2D eigenvalue weighted by molar-refractivity contribution is 9.10. The molecule has 0 aliphatic rings. The Bertz CT molecular complexity index is 663. The van der Waals surface area contributed by atoms with Crippen LogP contribution in [0.15, 0.2) is 53.0 Å². The van der Waals surface area contributed by atoms with Gasteiger partial charge in [0.25, 0.3) is 0 Å². The maximum absolute atomic E-state index is 11.9. The molecule has 0 heterocycles. The second-order valence-electron chi connectivity index (χ2n) is 4.70. The van der Waals surface area contributed by atoms with Gasteiger partial charge in [-0.15, -0.1) is 11.8 Å². The van der Waals surface area contributed by atoms with Gasteiger partial charge in [-0.1, -0.05) is 40.2 Å². The van der Waals surface area contributed by atoms with Crippen LogP contribution in [-0.4, -0.2) is 11.7 Å². The van der Waals surface area contributed by atoms with Crippen molar-refractivity contribution >= 4 is 39.3 Å². The van der Waals surface area contributed by atoms with Gasteiger partial charge in [0.05, 0.1) is 18.2 Å². The number of hydrogen-bond donors (Lipinski definition) is 1. The van der Waals surface area contributed by atoms with E-state index in [-0.39, 0.29) is 5.91 Å². The zero-order chi connectivity index (χ0) is 15.8.